The Morgan fingerprint density at radius 3 is 1.34 bits per heavy atom. The highest BCUT2D eigenvalue weighted by Crippen LogP contribution is 2.29. The Morgan fingerprint density at radius 2 is 0.914 bits per heavy atom. The van der Waals surface area contributed by atoms with Crippen molar-refractivity contribution < 1.29 is 38.8 Å². The molecule has 35 heavy (non-hydrogen) atoms. The van der Waals surface area contributed by atoms with E-state index in [9.17, 15) is 24.6 Å². The molecule has 0 heterocycles. The lowest BCUT2D eigenvalue weighted by molar-refractivity contribution is -0.179. The van der Waals surface area contributed by atoms with Crippen LogP contribution in [0.5, 0.6) is 0 Å². The van der Waals surface area contributed by atoms with Crippen molar-refractivity contribution in [3.8, 4) is 0 Å². The van der Waals surface area contributed by atoms with Gasteiger partial charge in [-0.25, -0.2) is 14.4 Å². The van der Waals surface area contributed by atoms with Gasteiger partial charge in [-0.15, -0.1) is 0 Å². The first kappa shape index (κ1) is 24.1. The van der Waals surface area contributed by atoms with Crippen molar-refractivity contribution in [1.29, 1.82) is 0 Å². The number of rotatable bonds is 6. The summed E-state index contributed by atoms with van der Waals surface area (Å²) in [6.45, 7) is 0. The Hall–Kier alpha value is -4.01. The number of aliphatic hydroxyl groups is 2. The molecule has 1 aliphatic rings. The molecule has 180 valence electrons. The van der Waals surface area contributed by atoms with Crippen LogP contribution in [0, 0.1) is 0 Å². The average molecular weight is 476 g/mol. The number of benzene rings is 3. The summed E-state index contributed by atoms with van der Waals surface area (Å²) in [7, 11) is 0. The van der Waals surface area contributed by atoms with Crippen LogP contribution < -0.4 is 0 Å². The molecular formula is C27H24O8. The fraction of sp³-hybridized carbons (Fsp3) is 0.222. The zero-order chi connectivity index (χ0) is 24.8. The van der Waals surface area contributed by atoms with Crippen LogP contribution in [0.2, 0.25) is 0 Å². The third-order valence-corrected chi connectivity index (χ3v) is 5.69. The minimum absolute atomic E-state index is 0.192. The van der Waals surface area contributed by atoms with E-state index in [1.54, 1.807) is 78.9 Å². The summed E-state index contributed by atoms with van der Waals surface area (Å²) in [4.78, 5) is 38.0. The summed E-state index contributed by atoms with van der Waals surface area (Å²) in [5, 5.41) is 21.5. The predicted molar refractivity (Wildman–Crippen MR) is 124 cm³/mol. The lowest BCUT2D eigenvalue weighted by Gasteiger charge is -2.41. The minimum atomic E-state index is -1.68. The lowest BCUT2D eigenvalue weighted by atomic mass is 9.86. The van der Waals surface area contributed by atoms with Gasteiger partial charge in [0.05, 0.1) is 16.7 Å². The molecule has 0 spiro atoms. The van der Waals surface area contributed by atoms with Gasteiger partial charge in [0.25, 0.3) is 0 Å². The van der Waals surface area contributed by atoms with E-state index in [0.717, 1.165) is 0 Å². The molecule has 0 saturated heterocycles. The van der Waals surface area contributed by atoms with Crippen LogP contribution in [0.4, 0.5) is 0 Å². The van der Waals surface area contributed by atoms with Crippen LogP contribution in [0.3, 0.4) is 0 Å². The zero-order valence-electron chi connectivity index (χ0n) is 18.6. The van der Waals surface area contributed by atoms with E-state index in [0.29, 0.717) is 0 Å². The molecule has 1 aliphatic carbocycles. The fourth-order valence-electron chi connectivity index (χ4n) is 3.84. The van der Waals surface area contributed by atoms with Gasteiger partial charge in [0.2, 0.25) is 0 Å². The zero-order valence-corrected chi connectivity index (χ0v) is 18.6. The highest BCUT2D eigenvalue weighted by atomic mass is 16.6. The van der Waals surface area contributed by atoms with E-state index in [2.05, 4.69) is 0 Å². The largest absolute Gasteiger partial charge is 0.456 e. The maximum atomic E-state index is 12.7. The van der Waals surface area contributed by atoms with Crippen molar-refractivity contribution >= 4 is 17.9 Å². The Balaban J connectivity index is 1.56. The molecule has 4 rings (SSSR count). The van der Waals surface area contributed by atoms with Crippen molar-refractivity contribution in [1.82, 2.24) is 0 Å². The molecule has 8 nitrogen and oxygen atoms in total. The van der Waals surface area contributed by atoms with E-state index in [-0.39, 0.29) is 23.1 Å². The number of hydrogen-bond donors (Lipinski definition) is 2. The van der Waals surface area contributed by atoms with Gasteiger partial charge in [-0.2, -0.15) is 0 Å². The summed E-state index contributed by atoms with van der Waals surface area (Å²) in [5.41, 5.74) is 0.726. The Bertz CT molecular complexity index is 1150. The smallest absolute Gasteiger partial charge is 0.338 e. The summed E-state index contributed by atoms with van der Waals surface area (Å²) >= 11 is 0. The van der Waals surface area contributed by atoms with Crippen LogP contribution in [-0.4, -0.2) is 58.6 Å². The average Bonchev–Trinajstić information content (AvgIpc) is 2.90. The number of aliphatic hydroxyl groups excluding tert-OH is 2. The first-order chi connectivity index (χ1) is 16.9. The predicted octanol–water partition coefficient (Wildman–Crippen LogP) is 2.79. The third-order valence-electron chi connectivity index (χ3n) is 5.69. The number of carbonyl (C=O) groups excluding carboxylic acids is 3. The number of carbonyl (C=O) groups is 3. The lowest BCUT2D eigenvalue weighted by Crippen LogP contribution is -2.59. The van der Waals surface area contributed by atoms with Gasteiger partial charge in [0.15, 0.2) is 6.10 Å². The normalized spacial score (nSPS) is 23.7. The molecule has 3 unspecified atom stereocenters. The van der Waals surface area contributed by atoms with Crippen LogP contribution in [0.25, 0.3) is 0 Å². The monoisotopic (exact) mass is 476 g/mol. The highest BCUT2D eigenvalue weighted by molar-refractivity contribution is 5.91. The second-order valence-electron chi connectivity index (χ2n) is 8.07. The SMILES string of the molecule is O=C(OC1C[C@H](OC(=O)c2ccccc2)C(O)C(O)[C@@H]1OC(=O)c1ccccc1)c1ccccc1. The van der Waals surface area contributed by atoms with Gasteiger partial charge in [0, 0.05) is 6.42 Å². The van der Waals surface area contributed by atoms with Crippen molar-refractivity contribution in [2.75, 3.05) is 0 Å². The molecule has 3 aromatic rings. The number of esters is 3. The van der Waals surface area contributed by atoms with E-state index in [4.69, 9.17) is 14.2 Å². The third kappa shape index (κ3) is 5.74. The van der Waals surface area contributed by atoms with E-state index in [1.807, 2.05) is 0 Å². The molecule has 0 amide bonds. The topological polar surface area (TPSA) is 119 Å². The van der Waals surface area contributed by atoms with Crippen molar-refractivity contribution in [2.24, 2.45) is 0 Å². The standard InChI is InChI=1S/C27H24O8/c28-22-20(33-25(30)17-10-4-1-5-11-17)16-21(34-26(31)18-12-6-2-7-13-18)24(23(22)29)35-27(32)19-14-8-3-9-15-19/h1-15,20-24,28-29H,16H2/t20-,21?,22?,23?,24+/m0/s1. The van der Waals surface area contributed by atoms with E-state index >= 15 is 0 Å². The molecule has 5 atom stereocenters. The van der Waals surface area contributed by atoms with Crippen LogP contribution in [-0.2, 0) is 14.2 Å². The van der Waals surface area contributed by atoms with Gasteiger partial charge in [-0.1, -0.05) is 54.6 Å². The first-order valence-electron chi connectivity index (χ1n) is 11.1. The van der Waals surface area contributed by atoms with Crippen molar-refractivity contribution in [3.05, 3.63) is 108 Å². The molecular weight excluding hydrogens is 452 g/mol. The molecule has 0 aliphatic heterocycles. The molecule has 0 bridgehead atoms. The second kappa shape index (κ2) is 10.9. The van der Waals surface area contributed by atoms with Crippen LogP contribution >= 0.6 is 0 Å². The van der Waals surface area contributed by atoms with Crippen molar-refractivity contribution in [3.63, 3.8) is 0 Å². The molecule has 0 radical (unpaired) electrons. The summed E-state index contributed by atoms with van der Waals surface area (Å²) in [5.74, 6) is -2.19. The maximum absolute atomic E-state index is 12.7. The molecule has 1 fully saturated rings. The summed E-state index contributed by atoms with van der Waals surface area (Å²) < 4.78 is 16.5. The van der Waals surface area contributed by atoms with E-state index < -0.39 is 48.4 Å². The Morgan fingerprint density at radius 1 is 0.543 bits per heavy atom. The summed E-state index contributed by atoms with van der Waals surface area (Å²) in [6, 6.07) is 24.4. The van der Waals surface area contributed by atoms with Gasteiger partial charge in [-0.05, 0) is 36.4 Å². The maximum Gasteiger partial charge on any atom is 0.338 e. The molecule has 3 aromatic carbocycles. The van der Waals surface area contributed by atoms with Gasteiger partial charge in [0.1, 0.15) is 24.4 Å². The first-order valence-corrected chi connectivity index (χ1v) is 11.1. The summed E-state index contributed by atoms with van der Waals surface area (Å²) in [6.07, 6.45) is -7.25. The van der Waals surface area contributed by atoms with Crippen molar-refractivity contribution in [2.45, 2.75) is 36.9 Å². The molecule has 1 saturated carbocycles. The second-order valence-corrected chi connectivity index (χ2v) is 8.07. The number of hydrogen-bond acceptors (Lipinski definition) is 8. The van der Waals surface area contributed by atoms with Gasteiger partial charge in [-0.3, -0.25) is 0 Å². The quantitative estimate of drug-likeness (QED) is 0.412. The molecule has 2 N–H and O–H groups in total. The van der Waals surface area contributed by atoms with Crippen LogP contribution in [0.15, 0.2) is 91.0 Å². The molecule has 8 heteroatoms. The van der Waals surface area contributed by atoms with E-state index in [1.165, 1.54) is 12.1 Å². The fourth-order valence-corrected chi connectivity index (χ4v) is 3.84. The minimum Gasteiger partial charge on any atom is -0.456 e. The number of ether oxygens (including phenoxy) is 3. The highest BCUT2D eigenvalue weighted by Gasteiger charge is 2.49. The van der Waals surface area contributed by atoms with Gasteiger partial charge < -0.3 is 24.4 Å². The molecule has 0 aromatic heterocycles. The van der Waals surface area contributed by atoms with Gasteiger partial charge >= 0.3 is 17.9 Å². The van der Waals surface area contributed by atoms with Crippen LogP contribution in [0.1, 0.15) is 37.5 Å². The Kier molecular flexibility index (Phi) is 7.54. The Labute approximate surface area is 201 Å².